The normalized spacial score (nSPS) is 20.7. The maximum atomic E-state index is 3.42. The molecule has 1 aliphatic heterocycles. The van der Waals surface area contributed by atoms with Gasteiger partial charge in [0.2, 0.25) is 0 Å². The molecule has 0 saturated carbocycles. The zero-order chi connectivity index (χ0) is 10.7. The van der Waals surface area contributed by atoms with E-state index in [9.17, 15) is 0 Å². The standard InChI is InChI=1S/C12H20N2S/c1-10(12-4-3-9-15-12)14(2)11-5-7-13-8-6-11/h3-4,9-11,13H,5-8H2,1-2H3/t10-/m0/s1. The van der Waals surface area contributed by atoms with Crippen molar-refractivity contribution in [3.8, 4) is 0 Å². The van der Waals surface area contributed by atoms with E-state index in [-0.39, 0.29) is 0 Å². The minimum Gasteiger partial charge on any atom is -0.317 e. The van der Waals surface area contributed by atoms with E-state index >= 15 is 0 Å². The van der Waals surface area contributed by atoms with Gasteiger partial charge in [-0.2, -0.15) is 0 Å². The van der Waals surface area contributed by atoms with Gasteiger partial charge in [-0.15, -0.1) is 11.3 Å². The van der Waals surface area contributed by atoms with Crippen molar-refractivity contribution in [3.63, 3.8) is 0 Å². The van der Waals surface area contributed by atoms with Crippen LogP contribution in [0, 0.1) is 0 Å². The van der Waals surface area contributed by atoms with Gasteiger partial charge in [-0.25, -0.2) is 0 Å². The van der Waals surface area contributed by atoms with E-state index in [0.29, 0.717) is 6.04 Å². The summed E-state index contributed by atoms with van der Waals surface area (Å²) in [4.78, 5) is 4.02. The SMILES string of the molecule is C[C@@H](c1cccs1)N(C)C1CCNCC1. The number of thiophene rings is 1. The molecule has 1 N–H and O–H groups in total. The molecule has 0 aliphatic carbocycles. The Hall–Kier alpha value is -0.380. The average molecular weight is 224 g/mol. The van der Waals surface area contributed by atoms with E-state index in [2.05, 4.69) is 41.7 Å². The number of piperidine rings is 1. The highest BCUT2D eigenvalue weighted by molar-refractivity contribution is 7.10. The van der Waals surface area contributed by atoms with E-state index in [0.717, 1.165) is 6.04 Å². The van der Waals surface area contributed by atoms with E-state index < -0.39 is 0 Å². The third-order valence-electron chi connectivity index (χ3n) is 3.45. The molecule has 0 radical (unpaired) electrons. The first-order chi connectivity index (χ1) is 7.29. The molecule has 3 heteroatoms. The first-order valence-corrected chi connectivity index (χ1v) is 6.63. The second-order valence-electron chi connectivity index (χ2n) is 4.34. The Kier molecular flexibility index (Phi) is 3.78. The van der Waals surface area contributed by atoms with Crippen molar-refractivity contribution >= 4 is 11.3 Å². The second kappa shape index (κ2) is 5.10. The predicted molar refractivity (Wildman–Crippen MR) is 66.4 cm³/mol. The zero-order valence-corrected chi connectivity index (χ0v) is 10.4. The fourth-order valence-electron chi connectivity index (χ4n) is 2.26. The molecule has 0 aromatic carbocycles. The van der Waals surface area contributed by atoms with Gasteiger partial charge < -0.3 is 5.32 Å². The molecule has 1 atom stereocenters. The van der Waals surface area contributed by atoms with Gasteiger partial charge in [-0.05, 0) is 51.3 Å². The largest absolute Gasteiger partial charge is 0.317 e. The molecule has 1 saturated heterocycles. The van der Waals surface area contributed by atoms with Gasteiger partial charge in [-0.3, -0.25) is 4.90 Å². The minimum atomic E-state index is 0.563. The molecule has 1 fully saturated rings. The maximum absolute atomic E-state index is 3.42. The molecule has 1 aliphatic rings. The number of rotatable bonds is 3. The van der Waals surface area contributed by atoms with Gasteiger partial charge in [0.05, 0.1) is 0 Å². The summed E-state index contributed by atoms with van der Waals surface area (Å²) in [5.74, 6) is 0. The van der Waals surface area contributed by atoms with Crippen molar-refractivity contribution in [2.45, 2.75) is 31.8 Å². The molecule has 1 aromatic heterocycles. The quantitative estimate of drug-likeness (QED) is 0.848. The number of nitrogens with one attached hydrogen (secondary N) is 1. The van der Waals surface area contributed by atoms with Gasteiger partial charge >= 0.3 is 0 Å². The number of hydrogen-bond acceptors (Lipinski definition) is 3. The molecular formula is C12H20N2S. The molecule has 2 nitrogen and oxygen atoms in total. The van der Waals surface area contributed by atoms with Crippen LogP contribution in [-0.4, -0.2) is 31.1 Å². The number of nitrogens with zero attached hydrogens (tertiary/aromatic N) is 1. The molecular weight excluding hydrogens is 204 g/mol. The van der Waals surface area contributed by atoms with Gasteiger partial charge in [-0.1, -0.05) is 6.07 Å². The Balaban J connectivity index is 1.97. The summed E-state index contributed by atoms with van der Waals surface area (Å²) in [6, 6.07) is 5.70. The Labute approximate surface area is 96.3 Å². The Morgan fingerprint density at radius 2 is 2.20 bits per heavy atom. The summed E-state index contributed by atoms with van der Waals surface area (Å²) in [6.45, 7) is 4.66. The highest BCUT2D eigenvalue weighted by Gasteiger charge is 2.22. The van der Waals surface area contributed by atoms with Crippen LogP contribution < -0.4 is 5.32 Å². The fraction of sp³-hybridized carbons (Fsp3) is 0.667. The van der Waals surface area contributed by atoms with E-state index in [4.69, 9.17) is 0 Å². The topological polar surface area (TPSA) is 15.3 Å². The molecule has 0 spiro atoms. The lowest BCUT2D eigenvalue weighted by atomic mass is 10.0. The summed E-state index contributed by atoms with van der Waals surface area (Å²) in [5.41, 5.74) is 0. The van der Waals surface area contributed by atoms with Gasteiger partial charge in [0, 0.05) is 17.0 Å². The van der Waals surface area contributed by atoms with Crippen molar-refractivity contribution < 1.29 is 0 Å². The molecule has 0 bridgehead atoms. The summed E-state index contributed by atoms with van der Waals surface area (Å²) in [6.07, 6.45) is 2.57. The summed E-state index contributed by atoms with van der Waals surface area (Å²) in [5, 5.41) is 5.59. The summed E-state index contributed by atoms with van der Waals surface area (Å²) >= 11 is 1.87. The van der Waals surface area contributed by atoms with E-state index in [1.165, 1.54) is 30.8 Å². The second-order valence-corrected chi connectivity index (χ2v) is 5.32. The van der Waals surface area contributed by atoms with Crippen LogP contribution >= 0.6 is 11.3 Å². The van der Waals surface area contributed by atoms with Crippen molar-refractivity contribution in [3.05, 3.63) is 22.4 Å². The van der Waals surface area contributed by atoms with Crippen LogP contribution in [0.4, 0.5) is 0 Å². The van der Waals surface area contributed by atoms with E-state index in [1.807, 2.05) is 11.3 Å². The zero-order valence-electron chi connectivity index (χ0n) is 9.57. The molecule has 2 rings (SSSR count). The average Bonchev–Trinajstić information content (AvgIpc) is 2.82. The summed E-state index contributed by atoms with van der Waals surface area (Å²) in [7, 11) is 2.26. The lowest BCUT2D eigenvalue weighted by Gasteiger charge is -2.35. The molecule has 84 valence electrons. The molecule has 2 heterocycles. The molecule has 15 heavy (non-hydrogen) atoms. The minimum absolute atomic E-state index is 0.563. The van der Waals surface area contributed by atoms with Gasteiger partial charge in [0.25, 0.3) is 0 Å². The monoisotopic (exact) mass is 224 g/mol. The molecule has 1 aromatic rings. The van der Waals surface area contributed by atoms with Crippen molar-refractivity contribution in [1.82, 2.24) is 10.2 Å². The van der Waals surface area contributed by atoms with Crippen LogP contribution in [0.2, 0.25) is 0 Å². The lowest BCUT2D eigenvalue weighted by Crippen LogP contribution is -2.41. The first-order valence-electron chi connectivity index (χ1n) is 5.75. The lowest BCUT2D eigenvalue weighted by molar-refractivity contribution is 0.154. The van der Waals surface area contributed by atoms with Crippen molar-refractivity contribution in [1.29, 1.82) is 0 Å². The van der Waals surface area contributed by atoms with Gasteiger partial charge in [0.15, 0.2) is 0 Å². The fourth-order valence-corrected chi connectivity index (χ4v) is 3.09. The maximum Gasteiger partial charge on any atom is 0.0413 e. The van der Waals surface area contributed by atoms with Crippen molar-refractivity contribution in [2.75, 3.05) is 20.1 Å². The Bertz CT molecular complexity index is 278. The van der Waals surface area contributed by atoms with Gasteiger partial charge in [0.1, 0.15) is 0 Å². The van der Waals surface area contributed by atoms with Crippen LogP contribution in [0.5, 0.6) is 0 Å². The molecule has 0 unspecified atom stereocenters. The Morgan fingerprint density at radius 3 is 2.80 bits per heavy atom. The number of hydrogen-bond donors (Lipinski definition) is 1. The van der Waals surface area contributed by atoms with Crippen LogP contribution in [0.25, 0.3) is 0 Å². The smallest absolute Gasteiger partial charge is 0.0413 e. The van der Waals surface area contributed by atoms with Crippen LogP contribution in [0.15, 0.2) is 17.5 Å². The predicted octanol–water partition coefficient (Wildman–Crippen LogP) is 2.49. The third kappa shape index (κ3) is 2.60. The third-order valence-corrected chi connectivity index (χ3v) is 4.49. The van der Waals surface area contributed by atoms with Crippen molar-refractivity contribution in [2.24, 2.45) is 0 Å². The van der Waals surface area contributed by atoms with Crippen LogP contribution in [0.3, 0.4) is 0 Å². The Morgan fingerprint density at radius 1 is 1.47 bits per heavy atom. The summed E-state index contributed by atoms with van der Waals surface area (Å²) < 4.78 is 0. The highest BCUT2D eigenvalue weighted by atomic mass is 32.1. The van der Waals surface area contributed by atoms with E-state index in [1.54, 1.807) is 0 Å². The van der Waals surface area contributed by atoms with Crippen LogP contribution in [0.1, 0.15) is 30.7 Å². The first kappa shape index (κ1) is 11.1. The van der Waals surface area contributed by atoms with Crippen LogP contribution in [-0.2, 0) is 0 Å². The highest BCUT2D eigenvalue weighted by Crippen LogP contribution is 2.27. The molecule has 0 amide bonds.